The fourth-order valence-corrected chi connectivity index (χ4v) is 1.94. The van der Waals surface area contributed by atoms with E-state index in [-0.39, 0.29) is 0 Å². The Morgan fingerprint density at radius 3 is 1.93 bits per heavy atom. The summed E-state index contributed by atoms with van der Waals surface area (Å²) in [5.74, 6) is 2.48. The van der Waals surface area contributed by atoms with Gasteiger partial charge in [-0.1, -0.05) is 59.1 Å². The van der Waals surface area contributed by atoms with Gasteiger partial charge in [0.1, 0.15) is 0 Å². The van der Waals surface area contributed by atoms with Crippen molar-refractivity contribution >= 4 is 0 Å². The van der Waals surface area contributed by atoms with Gasteiger partial charge in [-0.15, -0.1) is 0 Å². The molecule has 0 aliphatic rings. The molecule has 0 radical (unpaired) electrons. The molecule has 90 valence electrons. The molecule has 0 rings (SSSR count). The average Bonchev–Trinajstić information content (AvgIpc) is 2.15. The number of allylic oxidation sites excluding steroid dienone is 2. The molecule has 0 aromatic carbocycles. The highest BCUT2D eigenvalue weighted by molar-refractivity contribution is 5.03. The maximum atomic E-state index is 2.40. The van der Waals surface area contributed by atoms with E-state index in [1.807, 2.05) is 0 Å². The third kappa shape index (κ3) is 7.64. The van der Waals surface area contributed by atoms with E-state index in [0.717, 1.165) is 17.8 Å². The summed E-state index contributed by atoms with van der Waals surface area (Å²) in [7, 11) is 0. The zero-order chi connectivity index (χ0) is 11.8. The van der Waals surface area contributed by atoms with E-state index in [1.54, 1.807) is 5.57 Å². The van der Waals surface area contributed by atoms with Crippen molar-refractivity contribution in [1.29, 1.82) is 0 Å². The Hall–Kier alpha value is -0.260. The van der Waals surface area contributed by atoms with Gasteiger partial charge < -0.3 is 0 Å². The molecular weight excluding hydrogens is 180 g/mol. The monoisotopic (exact) mass is 210 g/mol. The molecule has 0 aromatic heterocycles. The van der Waals surface area contributed by atoms with Gasteiger partial charge in [0.25, 0.3) is 0 Å². The van der Waals surface area contributed by atoms with Crippen molar-refractivity contribution in [1.82, 2.24) is 0 Å². The number of hydrogen-bond acceptors (Lipinski definition) is 0. The molecule has 0 bridgehead atoms. The van der Waals surface area contributed by atoms with Crippen LogP contribution in [0.4, 0.5) is 0 Å². The molecule has 0 heterocycles. The van der Waals surface area contributed by atoms with Gasteiger partial charge in [-0.25, -0.2) is 0 Å². The Kier molecular flexibility index (Phi) is 7.82. The fourth-order valence-electron chi connectivity index (χ4n) is 1.94. The SMILES string of the molecule is CC=C(CCC(C)CCC(C)C)C(C)C. The van der Waals surface area contributed by atoms with E-state index in [9.17, 15) is 0 Å². The summed E-state index contributed by atoms with van der Waals surface area (Å²) < 4.78 is 0. The zero-order valence-corrected chi connectivity index (χ0v) is 11.6. The lowest BCUT2D eigenvalue weighted by molar-refractivity contribution is 0.423. The fraction of sp³-hybridized carbons (Fsp3) is 0.867. The largest absolute Gasteiger partial charge is 0.0882 e. The van der Waals surface area contributed by atoms with Crippen LogP contribution >= 0.6 is 0 Å². The zero-order valence-electron chi connectivity index (χ0n) is 11.6. The highest BCUT2D eigenvalue weighted by Crippen LogP contribution is 2.22. The normalized spacial score (nSPS) is 15.1. The van der Waals surface area contributed by atoms with Crippen LogP contribution in [-0.2, 0) is 0 Å². The number of rotatable bonds is 7. The molecule has 0 fully saturated rings. The van der Waals surface area contributed by atoms with E-state index in [0.29, 0.717) is 0 Å². The number of hydrogen-bond donors (Lipinski definition) is 0. The van der Waals surface area contributed by atoms with Crippen molar-refractivity contribution in [2.45, 2.75) is 67.2 Å². The first-order valence-corrected chi connectivity index (χ1v) is 6.62. The molecule has 0 spiro atoms. The molecule has 15 heavy (non-hydrogen) atoms. The van der Waals surface area contributed by atoms with Crippen molar-refractivity contribution in [2.24, 2.45) is 17.8 Å². The Bertz CT molecular complexity index is 174. The van der Waals surface area contributed by atoms with Crippen LogP contribution in [0.5, 0.6) is 0 Å². The molecule has 0 saturated heterocycles. The Morgan fingerprint density at radius 1 is 0.933 bits per heavy atom. The van der Waals surface area contributed by atoms with Gasteiger partial charge >= 0.3 is 0 Å². The van der Waals surface area contributed by atoms with E-state index in [2.05, 4.69) is 47.6 Å². The molecule has 1 atom stereocenters. The quantitative estimate of drug-likeness (QED) is 0.491. The first-order chi connectivity index (χ1) is 6.97. The minimum Gasteiger partial charge on any atom is -0.0882 e. The molecule has 0 heteroatoms. The standard InChI is InChI=1S/C15H30/c1-7-15(13(4)5)11-10-14(6)9-8-12(2)3/h7,12-14H,8-11H2,1-6H3. The second kappa shape index (κ2) is 7.96. The Labute approximate surface area is 97.2 Å². The van der Waals surface area contributed by atoms with Crippen molar-refractivity contribution in [2.75, 3.05) is 0 Å². The second-order valence-corrected chi connectivity index (χ2v) is 5.63. The van der Waals surface area contributed by atoms with Crippen LogP contribution in [0.15, 0.2) is 11.6 Å². The van der Waals surface area contributed by atoms with Gasteiger partial charge in [0.05, 0.1) is 0 Å². The second-order valence-electron chi connectivity index (χ2n) is 5.63. The van der Waals surface area contributed by atoms with Crippen LogP contribution in [0.3, 0.4) is 0 Å². The molecule has 1 unspecified atom stereocenters. The van der Waals surface area contributed by atoms with Crippen LogP contribution < -0.4 is 0 Å². The van der Waals surface area contributed by atoms with Gasteiger partial charge in [-0.3, -0.25) is 0 Å². The molecule has 0 nitrogen and oxygen atoms in total. The van der Waals surface area contributed by atoms with E-state index in [4.69, 9.17) is 0 Å². The molecule has 0 aliphatic carbocycles. The predicted molar refractivity (Wildman–Crippen MR) is 71.1 cm³/mol. The minimum atomic E-state index is 0.729. The molecule has 0 aliphatic heterocycles. The molecule has 0 N–H and O–H groups in total. The van der Waals surface area contributed by atoms with Crippen molar-refractivity contribution in [3.63, 3.8) is 0 Å². The van der Waals surface area contributed by atoms with Crippen LogP contribution in [0.2, 0.25) is 0 Å². The molecule has 0 saturated carbocycles. The molecule has 0 aromatic rings. The van der Waals surface area contributed by atoms with Crippen LogP contribution in [0.1, 0.15) is 67.2 Å². The predicted octanol–water partition coefficient (Wildman–Crippen LogP) is 5.44. The summed E-state index contributed by atoms with van der Waals surface area (Å²) in [6.07, 6.45) is 7.75. The van der Waals surface area contributed by atoms with Crippen molar-refractivity contribution in [3.05, 3.63) is 11.6 Å². The van der Waals surface area contributed by atoms with Gasteiger partial charge in [0.15, 0.2) is 0 Å². The van der Waals surface area contributed by atoms with Gasteiger partial charge in [-0.05, 0) is 37.5 Å². The average molecular weight is 210 g/mol. The first-order valence-electron chi connectivity index (χ1n) is 6.62. The lowest BCUT2D eigenvalue weighted by atomic mass is 9.90. The maximum absolute atomic E-state index is 2.40. The highest BCUT2D eigenvalue weighted by Gasteiger charge is 2.07. The van der Waals surface area contributed by atoms with Crippen molar-refractivity contribution < 1.29 is 0 Å². The van der Waals surface area contributed by atoms with Crippen LogP contribution in [-0.4, -0.2) is 0 Å². The summed E-state index contributed by atoms with van der Waals surface area (Å²) in [4.78, 5) is 0. The Morgan fingerprint density at radius 2 is 1.53 bits per heavy atom. The minimum absolute atomic E-state index is 0.729. The van der Waals surface area contributed by atoms with Crippen molar-refractivity contribution in [3.8, 4) is 0 Å². The summed E-state index contributed by atoms with van der Waals surface area (Å²) in [6.45, 7) is 13.8. The van der Waals surface area contributed by atoms with Crippen LogP contribution in [0.25, 0.3) is 0 Å². The lowest BCUT2D eigenvalue weighted by Gasteiger charge is -2.16. The molecule has 0 amide bonds. The van der Waals surface area contributed by atoms with Gasteiger partial charge in [0.2, 0.25) is 0 Å². The van der Waals surface area contributed by atoms with E-state index < -0.39 is 0 Å². The van der Waals surface area contributed by atoms with E-state index >= 15 is 0 Å². The first kappa shape index (κ1) is 14.7. The lowest BCUT2D eigenvalue weighted by Crippen LogP contribution is -2.01. The Balaban J connectivity index is 3.74. The van der Waals surface area contributed by atoms with Gasteiger partial charge in [0, 0.05) is 0 Å². The van der Waals surface area contributed by atoms with Crippen LogP contribution in [0, 0.1) is 17.8 Å². The maximum Gasteiger partial charge on any atom is -0.0260 e. The summed E-state index contributed by atoms with van der Waals surface area (Å²) in [5, 5.41) is 0. The third-order valence-corrected chi connectivity index (χ3v) is 3.28. The van der Waals surface area contributed by atoms with Gasteiger partial charge in [-0.2, -0.15) is 0 Å². The third-order valence-electron chi connectivity index (χ3n) is 3.28. The summed E-state index contributed by atoms with van der Waals surface area (Å²) in [6, 6.07) is 0. The smallest absolute Gasteiger partial charge is 0.0260 e. The summed E-state index contributed by atoms with van der Waals surface area (Å²) >= 11 is 0. The molecular formula is C15H30. The topological polar surface area (TPSA) is 0 Å². The van der Waals surface area contributed by atoms with E-state index in [1.165, 1.54) is 25.7 Å². The highest BCUT2D eigenvalue weighted by atomic mass is 14.1. The summed E-state index contributed by atoms with van der Waals surface area (Å²) in [5.41, 5.74) is 1.63.